The predicted octanol–water partition coefficient (Wildman–Crippen LogP) is 2.03. The summed E-state index contributed by atoms with van der Waals surface area (Å²) >= 11 is 6.02. The van der Waals surface area contributed by atoms with Crippen molar-refractivity contribution in [3.63, 3.8) is 0 Å². The van der Waals surface area contributed by atoms with Gasteiger partial charge in [0.25, 0.3) is 0 Å². The van der Waals surface area contributed by atoms with Crippen LogP contribution in [0.5, 0.6) is 0 Å². The summed E-state index contributed by atoms with van der Waals surface area (Å²) in [6, 6.07) is 5.25. The SMILES string of the molecule is Cc1cccc([C@H](O)[C@@H](C)N)c1Cl. The Morgan fingerprint density at radius 1 is 1.46 bits per heavy atom. The van der Waals surface area contributed by atoms with Crippen LogP contribution in [-0.2, 0) is 0 Å². The fraction of sp³-hybridized carbons (Fsp3) is 0.400. The first-order valence-corrected chi connectivity index (χ1v) is 4.60. The number of hydrogen-bond acceptors (Lipinski definition) is 2. The highest BCUT2D eigenvalue weighted by atomic mass is 35.5. The normalized spacial score (nSPS) is 15.5. The predicted molar refractivity (Wildman–Crippen MR) is 54.8 cm³/mol. The maximum atomic E-state index is 9.69. The van der Waals surface area contributed by atoms with Gasteiger partial charge in [-0.3, -0.25) is 0 Å². The van der Waals surface area contributed by atoms with Crippen LogP contribution in [0.2, 0.25) is 5.02 Å². The standard InChI is InChI=1S/C10H14ClNO/c1-6-4-3-5-8(9(6)11)10(13)7(2)12/h3-5,7,10,13H,12H2,1-2H3/t7-,10-/m1/s1. The van der Waals surface area contributed by atoms with E-state index < -0.39 is 6.10 Å². The highest BCUT2D eigenvalue weighted by molar-refractivity contribution is 6.32. The Balaban J connectivity index is 3.07. The van der Waals surface area contributed by atoms with Gasteiger partial charge in [0.15, 0.2) is 0 Å². The van der Waals surface area contributed by atoms with Gasteiger partial charge in [-0.1, -0.05) is 29.8 Å². The van der Waals surface area contributed by atoms with Gasteiger partial charge >= 0.3 is 0 Å². The van der Waals surface area contributed by atoms with E-state index in [1.807, 2.05) is 19.1 Å². The van der Waals surface area contributed by atoms with Crippen molar-refractivity contribution in [2.75, 3.05) is 0 Å². The lowest BCUT2D eigenvalue weighted by Crippen LogP contribution is -2.24. The van der Waals surface area contributed by atoms with E-state index in [0.29, 0.717) is 10.6 Å². The molecule has 0 aromatic heterocycles. The number of hydrogen-bond donors (Lipinski definition) is 2. The summed E-state index contributed by atoms with van der Waals surface area (Å²) in [5, 5.41) is 10.3. The minimum atomic E-state index is -0.688. The molecule has 2 atom stereocenters. The molecule has 0 spiro atoms. The molecule has 1 aromatic rings. The summed E-state index contributed by atoms with van der Waals surface area (Å²) in [6.07, 6.45) is -0.688. The van der Waals surface area contributed by atoms with Crippen LogP contribution in [0.25, 0.3) is 0 Å². The molecule has 0 aliphatic carbocycles. The van der Waals surface area contributed by atoms with Crippen molar-refractivity contribution >= 4 is 11.6 Å². The number of rotatable bonds is 2. The van der Waals surface area contributed by atoms with Gasteiger partial charge < -0.3 is 10.8 Å². The molecule has 0 amide bonds. The first-order chi connectivity index (χ1) is 6.04. The maximum Gasteiger partial charge on any atom is 0.0952 e. The Labute approximate surface area is 83.3 Å². The molecule has 1 rings (SSSR count). The first kappa shape index (κ1) is 10.5. The summed E-state index contributed by atoms with van der Waals surface area (Å²) < 4.78 is 0. The zero-order valence-corrected chi connectivity index (χ0v) is 8.55. The summed E-state index contributed by atoms with van der Waals surface area (Å²) in [4.78, 5) is 0. The van der Waals surface area contributed by atoms with Crippen molar-refractivity contribution in [1.29, 1.82) is 0 Å². The van der Waals surface area contributed by atoms with Crippen molar-refractivity contribution in [2.45, 2.75) is 26.0 Å². The van der Waals surface area contributed by atoms with E-state index in [1.54, 1.807) is 13.0 Å². The van der Waals surface area contributed by atoms with E-state index in [9.17, 15) is 5.11 Å². The van der Waals surface area contributed by atoms with Crippen LogP contribution >= 0.6 is 11.6 Å². The molecule has 72 valence electrons. The van der Waals surface area contributed by atoms with Crippen LogP contribution in [0.15, 0.2) is 18.2 Å². The van der Waals surface area contributed by atoms with Crippen molar-refractivity contribution in [2.24, 2.45) is 5.73 Å². The number of nitrogens with two attached hydrogens (primary N) is 1. The molecular formula is C10H14ClNO. The topological polar surface area (TPSA) is 46.2 Å². The Morgan fingerprint density at radius 3 is 2.62 bits per heavy atom. The summed E-state index contributed by atoms with van der Waals surface area (Å²) in [7, 11) is 0. The molecule has 0 heterocycles. The van der Waals surface area contributed by atoms with E-state index in [0.717, 1.165) is 5.56 Å². The maximum absolute atomic E-state index is 9.69. The molecule has 3 heteroatoms. The molecule has 0 saturated carbocycles. The summed E-state index contributed by atoms with van der Waals surface area (Å²) in [5.74, 6) is 0. The van der Waals surface area contributed by atoms with Crippen molar-refractivity contribution in [3.05, 3.63) is 34.3 Å². The van der Waals surface area contributed by atoms with Gasteiger partial charge in [-0.25, -0.2) is 0 Å². The second-order valence-electron chi connectivity index (χ2n) is 3.28. The Hall–Kier alpha value is -0.570. The van der Waals surface area contributed by atoms with Gasteiger partial charge in [0.2, 0.25) is 0 Å². The van der Waals surface area contributed by atoms with E-state index in [4.69, 9.17) is 17.3 Å². The minimum absolute atomic E-state index is 0.306. The molecule has 0 bridgehead atoms. The summed E-state index contributed by atoms with van der Waals surface area (Å²) in [6.45, 7) is 3.66. The van der Waals surface area contributed by atoms with Crippen LogP contribution < -0.4 is 5.73 Å². The number of aliphatic hydroxyl groups excluding tert-OH is 1. The third-order valence-corrected chi connectivity index (χ3v) is 2.55. The average Bonchev–Trinajstić information content (AvgIpc) is 2.08. The van der Waals surface area contributed by atoms with Crippen LogP contribution in [-0.4, -0.2) is 11.1 Å². The molecule has 13 heavy (non-hydrogen) atoms. The van der Waals surface area contributed by atoms with Crippen LogP contribution in [0.1, 0.15) is 24.2 Å². The van der Waals surface area contributed by atoms with Crippen molar-refractivity contribution in [3.8, 4) is 0 Å². The second-order valence-corrected chi connectivity index (χ2v) is 3.66. The van der Waals surface area contributed by atoms with Crippen LogP contribution in [0, 0.1) is 6.92 Å². The van der Waals surface area contributed by atoms with Gasteiger partial charge in [-0.05, 0) is 19.4 Å². The lowest BCUT2D eigenvalue weighted by molar-refractivity contribution is 0.153. The number of aliphatic hydroxyl groups is 1. The highest BCUT2D eigenvalue weighted by Crippen LogP contribution is 2.27. The van der Waals surface area contributed by atoms with E-state index >= 15 is 0 Å². The van der Waals surface area contributed by atoms with Gasteiger partial charge in [0, 0.05) is 16.6 Å². The Bertz CT molecular complexity index is 299. The molecule has 1 aromatic carbocycles. The lowest BCUT2D eigenvalue weighted by Gasteiger charge is -2.16. The molecule has 0 unspecified atom stereocenters. The van der Waals surface area contributed by atoms with Gasteiger partial charge in [-0.2, -0.15) is 0 Å². The molecule has 0 fully saturated rings. The summed E-state index contributed by atoms with van der Waals surface area (Å²) in [5.41, 5.74) is 7.24. The fourth-order valence-corrected chi connectivity index (χ4v) is 1.42. The van der Waals surface area contributed by atoms with Crippen molar-refractivity contribution in [1.82, 2.24) is 0 Å². The molecule has 2 nitrogen and oxygen atoms in total. The second kappa shape index (κ2) is 4.09. The lowest BCUT2D eigenvalue weighted by atomic mass is 10.0. The minimum Gasteiger partial charge on any atom is -0.387 e. The fourth-order valence-electron chi connectivity index (χ4n) is 1.18. The molecule has 3 N–H and O–H groups in total. The van der Waals surface area contributed by atoms with Gasteiger partial charge in [0.05, 0.1) is 6.10 Å². The number of aryl methyl sites for hydroxylation is 1. The molecule has 0 aliphatic rings. The largest absolute Gasteiger partial charge is 0.387 e. The van der Waals surface area contributed by atoms with Crippen LogP contribution in [0.3, 0.4) is 0 Å². The highest BCUT2D eigenvalue weighted by Gasteiger charge is 2.15. The quantitative estimate of drug-likeness (QED) is 0.766. The van der Waals surface area contributed by atoms with E-state index in [2.05, 4.69) is 0 Å². The van der Waals surface area contributed by atoms with Crippen molar-refractivity contribution < 1.29 is 5.11 Å². The van der Waals surface area contributed by atoms with E-state index in [1.165, 1.54) is 0 Å². The smallest absolute Gasteiger partial charge is 0.0952 e. The van der Waals surface area contributed by atoms with Crippen LogP contribution in [0.4, 0.5) is 0 Å². The third-order valence-electron chi connectivity index (χ3n) is 2.04. The average molecular weight is 200 g/mol. The number of benzene rings is 1. The molecule has 0 saturated heterocycles. The first-order valence-electron chi connectivity index (χ1n) is 4.22. The monoisotopic (exact) mass is 199 g/mol. The molecule has 0 aliphatic heterocycles. The van der Waals surface area contributed by atoms with Gasteiger partial charge in [-0.15, -0.1) is 0 Å². The molecular weight excluding hydrogens is 186 g/mol. The zero-order valence-electron chi connectivity index (χ0n) is 7.79. The molecule has 0 radical (unpaired) electrons. The van der Waals surface area contributed by atoms with Gasteiger partial charge in [0.1, 0.15) is 0 Å². The number of halogens is 1. The third kappa shape index (κ3) is 2.21. The Morgan fingerprint density at radius 2 is 2.08 bits per heavy atom. The Kier molecular flexibility index (Phi) is 3.31. The van der Waals surface area contributed by atoms with E-state index in [-0.39, 0.29) is 6.04 Å². The zero-order chi connectivity index (χ0) is 10.0.